The lowest BCUT2D eigenvalue weighted by molar-refractivity contribution is 0.297. The number of benzene rings is 1. The van der Waals surface area contributed by atoms with Gasteiger partial charge in [-0.2, -0.15) is 5.26 Å². The van der Waals surface area contributed by atoms with Gasteiger partial charge in [-0.25, -0.2) is 9.97 Å². The van der Waals surface area contributed by atoms with Crippen LogP contribution in [0.3, 0.4) is 0 Å². The van der Waals surface area contributed by atoms with Crippen molar-refractivity contribution in [3.63, 3.8) is 0 Å². The zero-order valence-corrected chi connectivity index (χ0v) is 14.8. The van der Waals surface area contributed by atoms with Crippen LogP contribution >= 0.6 is 11.8 Å². The van der Waals surface area contributed by atoms with Crippen LogP contribution in [0.2, 0.25) is 0 Å². The third-order valence-electron chi connectivity index (χ3n) is 3.40. The minimum Gasteiger partial charge on any atom is -0.497 e. The van der Waals surface area contributed by atoms with E-state index in [1.54, 1.807) is 13.2 Å². The molecule has 2 rings (SSSR count). The van der Waals surface area contributed by atoms with E-state index in [9.17, 15) is 5.26 Å². The molecule has 1 heterocycles. The van der Waals surface area contributed by atoms with E-state index in [4.69, 9.17) is 15.2 Å². The number of nitrogens with zero attached hydrogens (tertiary/aromatic N) is 3. The lowest BCUT2D eigenvalue weighted by Gasteiger charge is -2.12. The Bertz CT molecular complexity index is 746. The van der Waals surface area contributed by atoms with Crippen LogP contribution in [-0.4, -0.2) is 22.3 Å². The van der Waals surface area contributed by atoms with Gasteiger partial charge in [-0.3, -0.25) is 0 Å². The number of nitriles is 1. The van der Waals surface area contributed by atoms with E-state index in [2.05, 4.69) is 29.9 Å². The number of aromatic nitrogens is 2. The van der Waals surface area contributed by atoms with Gasteiger partial charge in [0.05, 0.1) is 7.11 Å². The number of nitrogens with two attached hydrogens (primary N) is 1. The Morgan fingerprint density at radius 2 is 2.08 bits per heavy atom. The van der Waals surface area contributed by atoms with E-state index < -0.39 is 0 Å². The molecule has 7 heteroatoms. The quantitative estimate of drug-likeness (QED) is 0.607. The Balaban J connectivity index is 2.22. The minimum absolute atomic E-state index is 0.136. The first-order valence-corrected chi connectivity index (χ1v) is 8.45. The summed E-state index contributed by atoms with van der Waals surface area (Å²) >= 11 is 1.53. The Labute approximate surface area is 146 Å². The molecule has 0 aliphatic carbocycles. The lowest BCUT2D eigenvalue weighted by Crippen LogP contribution is -2.09. The van der Waals surface area contributed by atoms with Crippen molar-refractivity contribution in [2.45, 2.75) is 37.3 Å². The number of nitrogen functional groups attached to an aromatic ring is 1. The standard InChI is InChI=1S/C17H20N4O2S/c1-4-11(2)24-17-20-15(14(9-18)16(19)21-17)10-23-13-7-5-6-12(8-13)22-3/h5-8,11H,4,10H2,1-3H3,(H2,19,20,21). The predicted octanol–water partition coefficient (Wildman–Crippen LogP) is 3.41. The van der Waals surface area contributed by atoms with Crippen molar-refractivity contribution in [1.82, 2.24) is 9.97 Å². The summed E-state index contributed by atoms with van der Waals surface area (Å²) in [7, 11) is 1.59. The van der Waals surface area contributed by atoms with Gasteiger partial charge in [-0.05, 0) is 18.6 Å². The van der Waals surface area contributed by atoms with Crippen LogP contribution in [0.5, 0.6) is 11.5 Å². The third-order valence-corrected chi connectivity index (χ3v) is 4.53. The van der Waals surface area contributed by atoms with Gasteiger partial charge in [0.25, 0.3) is 0 Å². The van der Waals surface area contributed by atoms with Gasteiger partial charge in [-0.1, -0.05) is 31.7 Å². The first kappa shape index (κ1) is 17.9. The maximum absolute atomic E-state index is 9.31. The molecule has 0 spiro atoms. The largest absolute Gasteiger partial charge is 0.497 e. The lowest BCUT2D eigenvalue weighted by atomic mass is 10.2. The highest BCUT2D eigenvalue weighted by Gasteiger charge is 2.15. The smallest absolute Gasteiger partial charge is 0.190 e. The molecule has 0 aliphatic rings. The molecule has 2 N–H and O–H groups in total. The fraction of sp³-hybridized carbons (Fsp3) is 0.353. The summed E-state index contributed by atoms with van der Waals surface area (Å²) in [5.41, 5.74) is 6.64. The first-order valence-electron chi connectivity index (χ1n) is 7.57. The molecule has 0 saturated heterocycles. The summed E-state index contributed by atoms with van der Waals surface area (Å²) in [4.78, 5) is 8.65. The van der Waals surface area contributed by atoms with E-state index in [-0.39, 0.29) is 18.0 Å². The number of ether oxygens (including phenoxy) is 2. The molecule has 126 valence electrons. The summed E-state index contributed by atoms with van der Waals surface area (Å²) < 4.78 is 10.9. The van der Waals surface area contributed by atoms with Gasteiger partial charge >= 0.3 is 0 Å². The molecular formula is C17H20N4O2S. The van der Waals surface area contributed by atoms with Crippen molar-refractivity contribution < 1.29 is 9.47 Å². The number of hydrogen-bond donors (Lipinski definition) is 1. The van der Waals surface area contributed by atoms with Crippen LogP contribution in [0.4, 0.5) is 5.82 Å². The van der Waals surface area contributed by atoms with Crippen LogP contribution < -0.4 is 15.2 Å². The monoisotopic (exact) mass is 344 g/mol. The van der Waals surface area contributed by atoms with Gasteiger partial charge in [0.15, 0.2) is 5.16 Å². The second-order valence-corrected chi connectivity index (χ2v) is 6.53. The molecule has 6 nitrogen and oxygen atoms in total. The van der Waals surface area contributed by atoms with E-state index in [1.165, 1.54) is 11.8 Å². The van der Waals surface area contributed by atoms with Gasteiger partial charge in [0, 0.05) is 11.3 Å². The van der Waals surface area contributed by atoms with Gasteiger partial charge in [0.1, 0.15) is 41.3 Å². The highest BCUT2D eigenvalue weighted by atomic mass is 32.2. The molecule has 0 amide bonds. The molecule has 2 aromatic rings. The second-order valence-electron chi connectivity index (χ2n) is 5.13. The Morgan fingerprint density at radius 1 is 1.33 bits per heavy atom. The molecule has 1 unspecified atom stereocenters. The van der Waals surface area contributed by atoms with E-state index in [0.717, 1.165) is 6.42 Å². The van der Waals surface area contributed by atoms with Crippen LogP contribution in [-0.2, 0) is 6.61 Å². The molecule has 0 fully saturated rings. The average Bonchev–Trinajstić information content (AvgIpc) is 2.59. The summed E-state index contributed by atoms with van der Waals surface area (Å²) in [5, 5.41) is 10.2. The van der Waals surface area contributed by atoms with Gasteiger partial charge in [0.2, 0.25) is 0 Å². The molecule has 1 atom stereocenters. The third kappa shape index (κ3) is 4.52. The number of thioether (sulfide) groups is 1. The van der Waals surface area contributed by atoms with Crippen molar-refractivity contribution in [2.24, 2.45) is 0 Å². The van der Waals surface area contributed by atoms with Crippen LogP contribution in [0, 0.1) is 11.3 Å². The fourth-order valence-corrected chi connectivity index (χ4v) is 2.73. The normalized spacial score (nSPS) is 11.6. The van der Waals surface area contributed by atoms with Crippen LogP contribution in [0.15, 0.2) is 29.4 Å². The van der Waals surface area contributed by atoms with Crippen molar-refractivity contribution in [1.29, 1.82) is 5.26 Å². The van der Waals surface area contributed by atoms with E-state index >= 15 is 0 Å². The molecule has 1 aromatic heterocycles. The Hall–Kier alpha value is -2.46. The van der Waals surface area contributed by atoms with Crippen LogP contribution in [0.1, 0.15) is 31.5 Å². The molecule has 24 heavy (non-hydrogen) atoms. The number of methoxy groups -OCH3 is 1. The highest BCUT2D eigenvalue weighted by Crippen LogP contribution is 2.26. The molecule has 0 saturated carbocycles. The minimum atomic E-state index is 0.136. The number of rotatable bonds is 7. The SMILES string of the molecule is CCC(C)Sc1nc(N)c(C#N)c(COc2cccc(OC)c2)n1. The molecule has 0 aliphatic heterocycles. The maximum atomic E-state index is 9.31. The van der Waals surface area contributed by atoms with Gasteiger partial charge < -0.3 is 15.2 Å². The summed E-state index contributed by atoms with van der Waals surface area (Å²) in [5.74, 6) is 1.51. The molecule has 0 bridgehead atoms. The van der Waals surface area contributed by atoms with Crippen molar-refractivity contribution in [2.75, 3.05) is 12.8 Å². The molecule has 0 radical (unpaired) electrons. The maximum Gasteiger partial charge on any atom is 0.190 e. The predicted molar refractivity (Wildman–Crippen MR) is 94.1 cm³/mol. The Kier molecular flexibility index (Phi) is 6.27. The fourth-order valence-electron chi connectivity index (χ4n) is 1.89. The summed E-state index contributed by atoms with van der Waals surface area (Å²) in [6.45, 7) is 4.32. The van der Waals surface area contributed by atoms with E-state index in [0.29, 0.717) is 27.6 Å². The number of hydrogen-bond acceptors (Lipinski definition) is 7. The molecular weight excluding hydrogens is 324 g/mol. The van der Waals surface area contributed by atoms with Crippen molar-refractivity contribution >= 4 is 17.6 Å². The second kappa shape index (κ2) is 8.41. The zero-order chi connectivity index (χ0) is 17.5. The van der Waals surface area contributed by atoms with Crippen LogP contribution in [0.25, 0.3) is 0 Å². The average molecular weight is 344 g/mol. The van der Waals surface area contributed by atoms with Gasteiger partial charge in [-0.15, -0.1) is 0 Å². The van der Waals surface area contributed by atoms with Crippen molar-refractivity contribution in [3.8, 4) is 17.6 Å². The molecule has 1 aromatic carbocycles. The summed E-state index contributed by atoms with van der Waals surface area (Å²) in [6.07, 6.45) is 0.990. The number of anilines is 1. The Morgan fingerprint density at radius 3 is 2.75 bits per heavy atom. The zero-order valence-electron chi connectivity index (χ0n) is 13.9. The first-order chi connectivity index (χ1) is 11.6. The summed E-state index contributed by atoms with van der Waals surface area (Å²) in [6, 6.07) is 9.30. The van der Waals surface area contributed by atoms with Crippen molar-refractivity contribution in [3.05, 3.63) is 35.5 Å². The topological polar surface area (TPSA) is 94.0 Å². The van der Waals surface area contributed by atoms with E-state index in [1.807, 2.05) is 18.2 Å². The highest BCUT2D eigenvalue weighted by molar-refractivity contribution is 7.99.